The van der Waals surface area contributed by atoms with Crippen LogP contribution in [0.5, 0.6) is 0 Å². The predicted octanol–water partition coefficient (Wildman–Crippen LogP) is 2.84. The van der Waals surface area contributed by atoms with Crippen molar-refractivity contribution in [3.8, 4) is 0 Å². The molecule has 3 atom stereocenters. The van der Waals surface area contributed by atoms with E-state index < -0.39 is 5.24 Å². The van der Waals surface area contributed by atoms with Gasteiger partial charge in [0, 0.05) is 0 Å². The highest BCUT2D eigenvalue weighted by Crippen LogP contribution is 2.61. The zero-order chi connectivity index (χ0) is 11.1. The third-order valence-electron chi connectivity index (χ3n) is 4.55. The second-order valence-electron chi connectivity index (χ2n) is 5.57. The molecule has 0 heterocycles. The zero-order valence-corrected chi connectivity index (χ0v) is 10.2. The molecule has 0 N–H and O–H groups in total. The van der Waals surface area contributed by atoms with Gasteiger partial charge in [-0.3, -0.25) is 4.79 Å². The van der Waals surface area contributed by atoms with Crippen molar-refractivity contribution < 1.29 is 9.53 Å². The van der Waals surface area contributed by atoms with Gasteiger partial charge in [-0.15, -0.1) is 0 Å². The van der Waals surface area contributed by atoms with Crippen LogP contribution in [-0.2, 0) is 9.53 Å². The minimum atomic E-state index is -0.392. The monoisotopic (exact) mass is 230 g/mol. The van der Waals surface area contributed by atoms with Crippen LogP contribution in [0.25, 0.3) is 0 Å². The fourth-order valence-corrected chi connectivity index (χ4v) is 3.53. The molecule has 0 radical (unpaired) electrons. The molecule has 3 fully saturated rings. The van der Waals surface area contributed by atoms with E-state index >= 15 is 0 Å². The number of carbonyl (C=O) groups excluding carboxylic acids is 1. The molecule has 3 aliphatic carbocycles. The SMILES string of the molecule is CC1(C)[C@H]2CC[C@@H](COCC(=O)Cl)[C@H]1C2. The van der Waals surface area contributed by atoms with Crippen molar-refractivity contribution in [2.45, 2.75) is 33.1 Å². The van der Waals surface area contributed by atoms with Crippen molar-refractivity contribution in [3.05, 3.63) is 0 Å². The molecular weight excluding hydrogens is 212 g/mol. The van der Waals surface area contributed by atoms with Crippen LogP contribution in [0.4, 0.5) is 0 Å². The van der Waals surface area contributed by atoms with E-state index in [0.29, 0.717) is 17.9 Å². The Morgan fingerprint density at radius 1 is 1.47 bits per heavy atom. The standard InChI is InChI=1S/C12H19ClO2/c1-12(2)9-4-3-8(10(12)5-9)6-15-7-11(13)14/h8-10H,3-7H2,1-2H3/t8-,9-,10+/m0/s1. The summed E-state index contributed by atoms with van der Waals surface area (Å²) >= 11 is 5.23. The summed E-state index contributed by atoms with van der Waals surface area (Å²) in [4.78, 5) is 10.5. The molecule has 2 nitrogen and oxygen atoms in total. The third kappa shape index (κ3) is 2.07. The van der Waals surface area contributed by atoms with E-state index in [-0.39, 0.29) is 6.61 Å². The highest BCUT2D eigenvalue weighted by Gasteiger charge is 2.53. The maximum Gasteiger partial charge on any atom is 0.247 e. The number of fused-ring (bicyclic) bond motifs is 2. The van der Waals surface area contributed by atoms with Gasteiger partial charge in [-0.2, -0.15) is 0 Å². The van der Waals surface area contributed by atoms with Crippen LogP contribution in [0, 0.1) is 23.2 Å². The van der Waals surface area contributed by atoms with Crippen LogP contribution < -0.4 is 0 Å². The Labute approximate surface area is 96.3 Å². The van der Waals surface area contributed by atoms with Crippen molar-refractivity contribution in [2.75, 3.05) is 13.2 Å². The maximum atomic E-state index is 10.5. The summed E-state index contributed by atoms with van der Waals surface area (Å²) in [6, 6.07) is 0. The van der Waals surface area contributed by atoms with Gasteiger partial charge in [0.2, 0.25) is 5.24 Å². The number of ether oxygens (including phenoxy) is 1. The molecule has 3 rings (SSSR count). The summed E-state index contributed by atoms with van der Waals surface area (Å²) in [5.74, 6) is 2.36. The second-order valence-corrected chi connectivity index (χ2v) is 5.99. The topological polar surface area (TPSA) is 26.3 Å². The average Bonchev–Trinajstić information content (AvgIpc) is 2.17. The van der Waals surface area contributed by atoms with Gasteiger partial charge in [-0.05, 0) is 54.0 Å². The van der Waals surface area contributed by atoms with E-state index in [1.54, 1.807) is 0 Å². The zero-order valence-electron chi connectivity index (χ0n) is 9.46. The third-order valence-corrected chi connectivity index (χ3v) is 4.66. The second kappa shape index (κ2) is 4.06. The first kappa shape index (κ1) is 11.4. The van der Waals surface area contributed by atoms with Gasteiger partial charge in [0.05, 0.1) is 6.61 Å². The van der Waals surface area contributed by atoms with Gasteiger partial charge in [-0.25, -0.2) is 0 Å². The van der Waals surface area contributed by atoms with Gasteiger partial charge in [0.15, 0.2) is 0 Å². The van der Waals surface area contributed by atoms with Crippen LogP contribution in [0.1, 0.15) is 33.1 Å². The molecule has 15 heavy (non-hydrogen) atoms. The molecule has 0 aromatic heterocycles. The minimum absolute atomic E-state index is 0.0641. The lowest BCUT2D eigenvalue weighted by Gasteiger charge is -2.60. The Kier molecular flexibility index (Phi) is 3.09. The van der Waals surface area contributed by atoms with Gasteiger partial charge >= 0.3 is 0 Å². The number of carbonyl (C=O) groups is 1. The Balaban J connectivity index is 1.81. The van der Waals surface area contributed by atoms with Crippen LogP contribution in [0.15, 0.2) is 0 Å². The summed E-state index contributed by atoms with van der Waals surface area (Å²) in [6.45, 7) is 5.50. The van der Waals surface area contributed by atoms with E-state index in [0.717, 1.165) is 11.8 Å². The first-order valence-corrected chi connectivity index (χ1v) is 6.15. The minimum Gasteiger partial charge on any atom is -0.372 e. The Hall–Kier alpha value is -0.0800. The molecule has 0 unspecified atom stereocenters. The van der Waals surface area contributed by atoms with Gasteiger partial charge in [0.1, 0.15) is 6.61 Å². The highest BCUT2D eigenvalue weighted by molar-refractivity contribution is 6.63. The Bertz CT molecular complexity index is 260. The van der Waals surface area contributed by atoms with Crippen molar-refractivity contribution >= 4 is 16.8 Å². The van der Waals surface area contributed by atoms with Crippen molar-refractivity contribution in [2.24, 2.45) is 23.2 Å². The fourth-order valence-electron chi connectivity index (χ4n) is 3.45. The summed E-state index contributed by atoms with van der Waals surface area (Å²) in [6.07, 6.45) is 3.94. The molecule has 3 aliphatic rings. The fraction of sp³-hybridized carbons (Fsp3) is 0.917. The van der Waals surface area contributed by atoms with Crippen LogP contribution in [0.3, 0.4) is 0 Å². The normalized spacial score (nSPS) is 37.1. The average molecular weight is 231 g/mol. The Morgan fingerprint density at radius 3 is 2.73 bits per heavy atom. The van der Waals surface area contributed by atoms with Gasteiger partial charge in [0.25, 0.3) is 0 Å². The van der Waals surface area contributed by atoms with Gasteiger partial charge < -0.3 is 4.74 Å². The molecule has 3 saturated carbocycles. The molecule has 0 spiro atoms. The first-order valence-electron chi connectivity index (χ1n) is 5.78. The van der Waals surface area contributed by atoms with E-state index in [9.17, 15) is 4.79 Å². The van der Waals surface area contributed by atoms with E-state index in [1.165, 1.54) is 19.3 Å². The number of hydrogen-bond acceptors (Lipinski definition) is 2. The number of rotatable bonds is 4. The summed E-state index contributed by atoms with van der Waals surface area (Å²) < 4.78 is 5.34. The van der Waals surface area contributed by atoms with Gasteiger partial charge in [-0.1, -0.05) is 13.8 Å². The summed E-state index contributed by atoms with van der Waals surface area (Å²) in [5.41, 5.74) is 0.497. The maximum absolute atomic E-state index is 10.5. The highest BCUT2D eigenvalue weighted by atomic mass is 35.5. The molecule has 0 aliphatic heterocycles. The van der Waals surface area contributed by atoms with Crippen molar-refractivity contribution in [1.82, 2.24) is 0 Å². The van der Waals surface area contributed by atoms with Crippen LogP contribution in [0.2, 0.25) is 0 Å². The Morgan fingerprint density at radius 2 is 2.20 bits per heavy atom. The lowest BCUT2D eigenvalue weighted by atomic mass is 9.46. The lowest BCUT2D eigenvalue weighted by molar-refractivity contribution is -0.130. The van der Waals surface area contributed by atoms with E-state index in [1.807, 2.05) is 0 Å². The molecule has 0 saturated heterocycles. The number of hydrogen-bond donors (Lipinski definition) is 0. The summed E-state index contributed by atoms with van der Waals surface area (Å²) in [5, 5.41) is -0.392. The van der Waals surface area contributed by atoms with Crippen molar-refractivity contribution in [1.29, 1.82) is 0 Å². The molecule has 0 aromatic carbocycles. The van der Waals surface area contributed by atoms with Crippen LogP contribution >= 0.6 is 11.6 Å². The first-order chi connectivity index (χ1) is 7.01. The molecular formula is C12H19ClO2. The molecule has 86 valence electrons. The number of halogens is 1. The largest absolute Gasteiger partial charge is 0.372 e. The van der Waals surface area contributed by atoms with E-state index in [4.69, 9.17) is 16.3 Å². The van der Waals surface area contributed by atoms with Crippen molar-refractivity contribution in [3.63, 3.8) is 0 Å². The van der Waals surface area contributed by atoms with E-state index in [2.05, 4.69) is 13.8 Å². The molecule has 0 aromatic rings. The quantitative estimate of drug-likeness (QED) is 0.695. The lowest BCUT2D eigenvalue weighted by Crippen LogP contribution is -2.53. The van der Waals surface area contributed by atoms with Crippen LogP contribution in [-0.4, -0.2) is 18.5 Å². The molecule has 0 amide bonds. The molecule has 3 heteroatoms. The summed E-state index contributed by atoms with van der Waals surface area (Å²) in [7, 11) is 0. The predicted molar refractivity (Wildman–Crippen MR) is 59.8 cm³/mol. The smallest absolute Gasteiger partial charge is 0.247 e. The molecule has 2 bridgehead atoms.